The molecule has 0 spiro atoms. The molecule has 1 saturated heterocycles. The van der Waals surface area contributed by atoms with Crippen molar-refractivity contribution in [1.82, 2.24) is 5.32 Å². The van der Waals surface area contributed by atoms with Gasteiger partial charge in [0, 0.05) is 23.1 Å². The molecule has 106 valence electrons. The maximum absolute atomic E-state index is 5.50. The average Bonchev–Trinajstić information content (AvgIpc) is 2.35. The van der Waals surface area contributed by atoms with Gasteiger partial charge in [-0.2, -0.15) is 0 Å². The molecule has 1 aromatic rings. The van der Waals surface area contributed by atoms with Crippen LogP contribution in [0.15, 0.2) is 16.6 Å². The van der Waals surface area contributed by atoms with Gasteiger partial charge in [-0.25, -0.2) is 0 Å². The Morgan fingerprint density at radius 3 is 2.89 bits per heavy atom. The lowest BCUT2D eigenvalue weighted by Gasteiger charge is -2.27. The molecule has 0 bridgehead atoms. The molecule has 0 saturated carbocycles. The van der Waals surface area contributed by atoms with Crippen LogP contribution in [-0.4, -0.2) is 31.8 Å². The Labute approximate surface area is 124 Å². The molecule has 2 rings (SSSR count). The summed E-state index contributed by atoms with van der Waals surface area (Å²) in [6.45, 7) is 9.11. The fraction of sp³-hybridized carbons (Fsp3) is 0.600. The summed E-state index contributed by atoms with van der Waals surface area (Å²) in [5.74, 6) is 0. The van der Waals surface area contributed by atoms with Crippen molar-refractivity contribution >= 4 is 21.6 Å². The van der Waals surface area contributed by atoms with E-state index < -0.39 is 0 Å². The van der Waals surface area contributed by atoms with E-state index in [1.54, 1.807) is 0 Å². The lowest BCUT2D eigenvalue weighted by Crippen LogP contribution is -2.43. The summed E-state index contributed by atoms with van der Waals surface area (Å²) >= 11 is 3.65. The van der Waals surface area contributed by atoms with E-state index in [0.29, 0.717) is 12.1 Å². The van der Waals surface area contributed by atoms with Crippen molar-refractivity contribution in [3.05, 3.63) is 27.7 Å². The van der Waals surface area contributed by atoms with Gasteiger partial charge in [0.05, 0.1) is 18.9 Å². The van der Waals surface area contributed by atoms with Crippen molar-refractivity contribution in [2.45, 2.75) is 39.3 Å². The quantitative estimate of drug-likeness (QED) is 0.891. The lowest BCUT2D eigenvalue weighted by atomic mass is 10.1. The molecule has 2 N–H and O–H groups in total. The van der Waals surface area contributed by atoms with Crippen molar-refractivity contribution < 1.29 is 4.74 Å². The van der Waals surface area contributed by atoms with Crippen LogP contribution in [0.4, 0.5) is 5.69 Å². The van der Waals surface area contributed by atoms with Crippen LogP contribution in [0.25, 0.3) is 0 Å². The first kappa shape index (κ1) is 14.8. The van der Waals surface area contributed by atoms with Crippen molar-refractivity contribution in [3.8, 4) is 0 Å². The van der Waals surface area contributed by atoms with Gasteiger partial charge in [-0.05, 0) is 60.3 Å². The third-order valence-electron chi connectivity index (χ3n) is 3.46. The first-order valence-electron chi connectivity index (χ1n) is 6.90. The van der Waals surface area contributed by atoms with E-state index in [1.165, 1.54) is 16.8 Å². The first-order valence-corrected chi connectivity index (χ1v) is 7.70. The number of hydrogen-bond donors (Lipinski definition) is 2. The zero-order chi connectivity index (χ0) is 13.8. The highest BCUT2D eigenvalue weighted by Crippen LogP contribution is 2.28. The molecular weight excluding hydrogens is 304 g/mol. The van der Waals surface area contributed by atoms with E-state index in [4.69, 9.17) is 4.74 Å². The third-order valence-corrected chi connectivity index (χ3v) is 4.08. The number of nitrogens with one attached hydrogen (secondary N) is 2. The molecule has 1 aromatic carbocycles. The standard InChI is InChI=1S/C15H23BrN2O/c1-10-6-11(2)15(14(16)7-10)18-12(3)8-13-9-19-5-4-17-13/h6-7,12-13,17-18H,4-5,8-9H2,1-3H3. The summed E-state index contributed by atoms with van der Waals surface area (Å²) in [6, 6.07) is 5.24. The van der Waals surface area contributed by atoms with Crippen LogP contribution in [0.5, 0.6) is 0 Å². The molecule has 1 heterocycles. The summed E-state index contributed by atoms with van der Waals surface area (Å²) in [4.78, 5) is 0. The van der Waals surface area contributed by atoms with Crippen LogP contribution in [0.2, 0.25) is 0 Å². The Morgan fingerprint density at radius 2 is 2.26 bits per heavy atom. The van der Waals surface area contributed by atoms with Gasteiger partial charge in [-0.15, -0.1) is 0 Å². The van der Waals surface area contributed by atoms with Crippen LogP contribution in [0.3, 0.4) is 0 Å². The summed E-state index contributed by atoms with van der Waals surface area (Å²) in [6.07, 6.45) is 1.07. The predicted octanol–water partition coefficient (Wildman–Crippen LogP) is 3.24. The molecule has 0 radical (unpaired) electrons. The van der Waals surface area contributed by atoms with Crippen LogP contribution in [0, 0.1) is 13.8 Å². The van der Waals surface area contributed by atoms with Crippen LogP contribution < -0.4 is 10.6 Å². The average molecular weight is 327 g/mol. The third kappa shape index (κ3) is 4.20. The molecule has 1 aliphatic rings. The van der Waals surface area contributed by atoms with Gasteiger partial charge in [0.15, 0.2) is 0 Å². The number of aryl methyl sites for hydroxylation is 2. The second-order valence-electron chi connectivity index (χ2n) is 5.45. The van der Waals surface area contributed by atoms with E-state index in [0.717, 1.165) is 30.7 Å². The molecule has 0 aliphatic carbocycles. The summed E-state index contributed by atoms with van der Waals surface area (Å²) in [5.41, 5.74) is 3.77. The van der Waals surface area contributed by atoms with E-state index in [-0.39, 0.29) is 0 Å². The molecule has 1 aliphatic heterocycles. The fourth-order valence-electron chi connectivity index (χ4n) is 2.60. The molecule has 2 atom stereocenters. The van der Waals surface area contributed by atoms with Gasteiger partial charge in [0.2, 0.25) is 0 Å². The highest BCUT2D eigenvalue weighted by Gasteiger charge is 2.17. The molecule has 19 heavy (non-hydrogen) atoms. The minimum absolute atomic E-state index is 0.414. The van der Waals surface area contributed by atoms with Crippen LogP contribution in [0.1, 0.15) is 24.5 Å². The number of hydrogen-bond acceptors (Lipinski definition) is 3. The number of ether oxygens (including phenoxy) is 1. The van der Waals surface area contributed by atoms with E-state index >= 15 is 0 Å². The molecule has 2 unspecified atom stereocenters. The minimum Gasteiger partial charge on any atom is -0.381 e. The first-order chi connectivity index (χ1) is 9.06. The van der Waals surface area contributed by atoms with E-state index in [9.17, 15) is 0 Å². The van der Waals surface area contributed by atoms with Crippen LogP contribution >= 0.6 is 15.9 Å². The highest BCUT2D eigenvalue weighted by atomic mass is 79.9. The fourth-order valence-corrected chi connectivity index (χ4v) is 3.39. The maximum Gasteiger partial charge on any atom is 0.0621 e. The predicted molar refractivity (Wildman–Crippen MR) is 83.9 cm³/mol. The molecular formula is C15H23BrN2O. The summed E-state index contributed by atoms with van der Waals surface area (Å²) in [7, 11) is 0. The number of halogens is 1. The van der Waals surface area contributed by atoms with Crippen LogP contribution in [-0.2, 0) is 4.74 Å². The van der Waals surface area contributed by atoms with Crippen molar-refractivity contribution in [3.63, 3.8) is 0 Å². The molecule has 0 aromatic heterocycles. The van der Waals surface area contributed by atoms with Gasteiger partial charge >= 0.3 is 0 Å². The van der Waals surface area contributed by atoms with Gasteiger partial charge in [-0.1, -0.05) is 6.07 Å². The summed E-state index contributed by atoms with van der Waals surface area (Å²) in [5, 5.41) is 7.11. The Bertz CT molecular complexity index is 407. The van der Waals surface area contributed by atoms with Crippen molar-refractivity contribution in [2.24, 2.45) is 0 Å². The largest absolute Gasteiger partial charge is 0.381 e. The topological polar surface area (TPSA) is 33.3 Å². The van der Waals surface area contributed by atoms with Gasteiger partial charge < -0.3 is 15.4 Å². The zero-order valence-electron chi connectivity index (χ0n) is 11.9. The Morgan fingerprint density at radius 1 is 1.47 bits per heavy atom. The highest BCUT2D eigenvalue weighted by molar-refractivity contribution is 9.10. The number of anilines is 1. The number of benzene rings is 1. The van der Waals surface area contributed by atoms with Crippen molar-refractivity contribution in [2.75, 3.05) is 25.1 Å². The molecule has 1 fully saturated rings. The van der Waals surface area contributed by atoms with E-state index in [1.807, 2.05) is 0 Å². The SMILES string of the molecule is Cc1cc(C)c(NC(C)CC2COCCN2)c(Br)c1. The minimum atomic E-state index is 0.414. The Kier molecular flexibility index (Phi) is 5.25. The summed E-state index contributed by atoms with van der Waals surface area (Å²) < 4.78 is 6.64. The zero-order valence-corrected chi connectivity index (χ0v) is 13.5. The Hall–Kier alpha value is -0.580. The normalized spacial score (nSPS) is 21.2. The van der Waals surface area contributed by atoms with Gasteiger partial charge in [0.25, 0.3) is 0 Å². The molecule has 3 nitrogen and oxygen atoms in total. The number of rotatable bonds is 4. The van der Waals surface area contributed by atoms with E-state index in [2.05, 4.69) is 59.5 Å². The number of morpholine rings is 1. The van der Waals surface area contributed by atoms with Gasteiger partial charge in [0.1, 0.15) is 0 Å². The Balaban J connectivity index is 1.96. The second kappa shape index (κ2) is 6.73. The van der Waals surface area contributed by atoms with Crippen molar-refractivity contribution in [1.29, 1.82) is 0 Å². The second-order valence-corrected chi connectivity index (χ2v) is 6.30. The molecule has 0 amide bonds. The molecule has 4 heteroatoms. The van der Waals surface area contributed by atoms with Gasteiger partial charge in [-0.3, -0.25) is 0 Å². The monoisotopic (exact) mass is 326 g/mol. The smallest absolute Gasteiger partial charge is 0.0621 e. The lowest BCUT2D eigenvalue weighted by molar-refractivity contribution is 0.0731. The maximum atomic E-state index is 5.50.